The second-order valence-corrected chi connectivity index (χ2v) is 4.79. The molecule has 22 heavy (non-hydrogen) atoms. The van der Waals surface area contributed by atoms with Gasteiger partial charge in [-0.1, -0.05) is 30.3 Å². The Morgan fingerprint density at radius 1 is 1.27 bits per heavy atom. The van der Waals surface area contributed by atoms with Gasteiger partial charge in [0.15, 0.2) is 0 Å². The summed E-state index contributed by atoms with van der Waals surface area (Å²) >= 11 is 0. The lowest BCUT2D eigenvalue weighted by atomic mass is 10.1. The molecular formula is C16H17NO5. The highest BCUT2D eigenvalue weighted by molar-refractivity contribution is 5.72. The molecule has 1 aromatic heterocycles. The molecule has 1 atom stereocenters. The molecule has 0 aliphatic heterocycles. The van der Waals surface area contributed by atoms with Crippen LogP contribution in [-0.2, 0) is 16.1 Å². The van der Waals surface area contributed by atoms with Crippen LogP contribution >= 0.6 is 0 Å². The molecule has 0 fully saturated rings. The standard InChI is InChI=1S/C16H17NO5/c1-11-13(7-8-21-11)14(9-15(18)19)17-16(20)22-10-12-5-3-2-4-6-12/h2-8,14H,9-10H2,1H3,(H,17,20)(H,18,19)/t14-/m1/s1. The van der Waals surface area contributed by atoms with E-state index in [1.807, 2.05) is 30.3 Å². The van der Waals surface area contributed by atoms with Crippen molar-refractivity contribution in [3.63, 3.8) is 0 Å². The molecule has 1 heterocycles. The Labute approximate surface area is 127 Å². The third-order valence-corrected chi connectivity index (χ3v) is 3.16. The highest BCUT2D eigenvalue weighted by Crippen LogP contribution is 2.22. The van der Waals surface area contributed by atoms with Gasteiger partial charge in [-0.25, -0.2) is 4.79 Å². The molecule has 0 bridgehead atoms. The van der Waals surface area contributed by atoms with E-state index in [1.54, 1.807) is 13.0 Å². The van der Waals surface area contributed by atoms with Crippen LogP contribution in [0.15, 0.2) is 47.1 Å². The van der Waals surface area contributed by atoms with E-state index in [9.17, 15) is 9.59 Å². The first-order valence-corrected chi connectivity index (χ1v) is 6.79. The van der Waals surface area contributed by atoms with E-state index < -0.39 is 18.1 Å². The Balaban J connectivity index is 1.96. The predicted molar refractivity (Wildman–Crippen MR) is 78.2 cm³/mol. The number of carboxylic acids is 1. The van der Waals surface area contributed by atoms with Gasteiger partial charge in [-0.15, -0.1) is 0 Å². The van der Waals surface area contributed by atoms with Crippen molar-refractivity contribution in [3.8, 4) is 0 Å². The number of carbonyl (C=O) groups excluding carboxylic acids is 1. The molecular weight excluding hydrogens is 286 g/mol. The Bertz CT molecular complexity index is 635. The van der Waals surface area contributed by atoms with Gasteiger partial charge < -0.3 is 19.6 Å². The highest BCUT2D eigenvalue weighted by atomic mass is 16.5. The monoisotopic (exact) mass is 303 g/mol. The zero-order valence-electron chi connectivity index (χ0n) is 12.1. The first kappa shape index (κ1) is 15.6. The van der Waals surface area contributed by atoms with Gasteiger partial charge in [0, 0.05) is 5.56 Å². The molecule has 1 amide bonds. The van der Waals surface area contributed by atoms with Gasteiger partial charge in [0.25, 0.3) is 0 Å². The lowest BCUT2D eigenvalue weighted by molar-refractivity contribution is -0.137. The van der Waals surface area contributed by atoms with Crippen molar-refractivity contribution in [2.75, 3.05) is 0 Å². The fourth-order valence-electron chi connectivity index (χ4n) is 2.08. The molecule has 2 aromatic rings. The van der Waals surface area contributed by atoms with Crippen molar-refractivity contribution in [2.45, 2.75) is 26.0 Å². The molecule has 116 valence electrons. The molecule has 0 radical (unpaired) electrons. The fourth-order valence-corrected chi connectivity index (χ4v) is 2.08. The number of aliphatic carboxylic acids is 1. The average molecular weight is 303 g/mol. The van der Waals surface area contributed by atoms with Crippen LogP contribution in [0.3, 0.4) is 0 Å². The molecule has 2 N–H and O–H groups in total. The summed E-state index contributed by atoms with van der Waals surface area (Å²) in [5.74, 6) is -0.455. The summed E-state index contributed by atoms with van der Waals surface area (Å²) < 4.78 is 10.3. The van der Waals surface area contributed by atoms with Gasteiger partial charge in [-0.2, -0.15) is 0 Å². The summed E-state index contributed by atoms with van der Waals surface area (Å²) in [5, 5.41) is 11.5. The van der Waals surface area contributed by atoms with Crippen LogP contribution in [0.2, 0.25) is 0 Å². The molecule has 0 unspecified atom stereocenters. The number of carbonyl (C=O) groups is 2. The molecule has 6 heteroatoms. The Morgan fingerprint density at radius 2 is 2.00 bits per heavy atom. The summed E-state index contributed by atoms with van der Waals surface area (Å²) in [6.07, 6.45) is 0.535. The van der Waals surface area contributed by atoms with E-state index in [4.69, 9.17) is 14.3 Å². The predicted octanol–water partition coefficient (Wildman–Crippen LogP) is 3.03. The van der Waals surface area contributed by atoms with Crippen molar-refractivity contribution >= 4 is 12.1 Å². The third-order valence-electron chi connectivity index (χ3n) is 3.16. The molecule has 0 aliphatic carbocycles. The van der Waals surface area contributed by atoms with Crippen molar-refractivity contribution in [1.29, 1.82) is 0 Å². The van der Waals surface area contributed by atoms with Crippen molar-refractivity contribution < 1.29 is 23.8 Å². The summed E-state index contributed by atoms with van der Waals surface area (Å²) in [7, 11) is 0. The van der Waals surface area contributed by atoms with Gasteiger partial charge in [-0.3, -0.25) is 4.79 Å². The fraction of sp³-hybridized carbons (Fsp3) is 0.250. The van der Waals surface area contributed by atoms with Crippen LogP contribution in [0.4, 0.5) is 4.79 Å². The minimum atomic E-state index is -1.02. The Hall–Kier alpha value is -2.76. The summed E-state index contributed by atoms with van der Waals surface area (Å²) in [4.78, 5) is 22.8. The Kier molecular flexibility index (Phi) is 5.19. The van der Waals surface area contributed by atoms with Crippen LogP contribution in [0, 0.1) is 6.92 Å². The van der Waals surface area contributed by atoms with Gasteiger partial charge in [-0.05, 0) is 18.6 Å². The quantitative estimate of drug-likeness (QED) is 0.856. The first-order chi connectivity index (χ1) is 10.6. The number of furan rings is 1. The molecule has 0 aliphatic rings. The molecule has 0 saturated carbocycles. The van der Waals surface area contributed by atoms with Crippen molar-refractivity contribution in [1.82, 2.24) is 5.32 Å². The van der Waals surface area contributed by atoms with Crippen LogP contribution in [0.1, 0.15) is 29.3 Å². The lowest BCUT2D eigenvalue weighted by Gasteiger charge is -2.16. The number of rotatable bonds is 6. The largest absolute Gasteiger partial charge is 0.481 e. The maximum absolute atomic E-state index is 11.9. The summed E-state index contributed by atoms with van der Waals surface area (Å²) in [6.45, 7) is 1.83. The van der Waals surface area contributed by atoms with Crippen LogP contribution in [0.25, 0.3) is 0 Å². The number of nitrogens with one attached hydrogen (secondary N) is 1. The van der Waals surface area contributed by atoms with Crippen LogP contribution in [-0.4, -0.2) is 17.2 Å². The SMILES string of the molecule is Cc1occc1[C@@H](CC(=O)O)NC(=O)OCc1ccccc1. The maximum Gasteiger partial charge on any atom is 0.407 e. The number of aryl methyl sites for hydroxylation is 1. The lowest BCUT2D eigenvalue weighted by Crippen LogP contribution is -2.30. The van der Waals surface area contributed by atoms with Gasteiger partial charge in [0.1, 0.15) is 12.4 Å². The smallest absolute Gasteiger partial charge is 0.407 e. The third kappa shape index (κ3) is 4.37. The van der Waals surface area contributed by atoms with E-state index in [0.29, 0.717) is 11.3 Å². The second kappa shape index (κ2) is 7.31. The molecule has 6 nitrogen and oxygen atoms in total. The van der Waals surface area contributed by atoms with E-state index in [1.165, 1.54) is 6.26 Å². The van der Waals surface area contributed by atoms with Gasteiger partial charge in [0.2, 0.25) is 0 Å². The van der Waals surface area contributed by atoms with Gasteiger partial charge >= 0.3 is 12.1 Å². The number of hydrogen-bond acceptors (Lipinski definition) is 4. The molecule has 1 aromatic carbocycles. The Morgan fingerprint density at radius 3 is 2.59 bits per heavy atom. The normalized spacial score (nSPS) is 11.7. The number of alkyl carbamates (subject to hydrolysis) is 1. The zero-order chi connectivity index (χ0) is 15.9. The minimum absolute atomic E-state index is 0.122. The summed E-state index contributed by atoms with van der Waals surface area (Å²) in [5.41, 5.74) is 1.48. The van der Waals surface area contributed by atoms with Crippen molar-refractivity contribution in [3.05, 3.63) is 59.5 Å². The first-order valence-electron chi connectivity index (χ1n) is 6.79. The minimum Gasteiger partial charge on any atom is -0.481 e. The highest BCUT2D eigenvalue weighted by Gasteiger charge is 2.21. The zero-order valence-corrected chi connectivity index (χ0v) is 12.1. The molecule has 0 saturated heterocycles. The topological polar surface area (TPSA) is 88.8 Å². The van der Waals surface area contributed by atoms with Crippen molar-refractivity contribution in [2.24, 2.45) is 0 Å². The second-order valence-electron chi connectivity index (χ2n) is 4.79. The van der Waals surface area contributed by atoms with E-state index in [0.717, 1.165) is 5.56 Å². The number of amides is 1. The molecule has 0 spiro atoms. The van der Waals surface area contributed by atoms with Crippen LogP contribution in [0.5, 0.6) is 0 Å². The number of benzene rings is 1. The van der Waals surface area contributed by atoms with E-state index in [-0.39, 0.29) is 13.0 Å². The van der Waals surface area contributed by atoms with Gasteiger partial charge in [0.05, 0.1) is 18.7 Å². The average Bonchev–Trinajstić information content (AvgIpc) is 2.91. The number of ether oxygens (including phenoxy) is 1. The van der Waals surface area contributed by atoms with E-state index >= 15 is 0 Å². The number of hydrogen-bond donors (Lipinski definition) is 2. The maximum atomic E-state index is 11.9. The summed E-state index contributed by atoms with van der Waals surface area (Å²) in [6, 6.07) is 10.2. The number of carboxylic acid groups (broad SMARTS) is 1. The van der Waals surface area contributed by atoms with E-state index in [2.05, 4.69) is 5.32 Å². The van der Waals surface area contributed by atoms with Crippen LogP contribution < -0.4 is 5.32 Å². The molecule has 2 rings (SSSR count).